The first-order valence-electron chi connectivity index (χ1n) is 8.34. The van der Waals surface area contributed by atoms with E-state index in [9.17, 15) is 9.59 Å². The lowest BCUT2D eigenvalue weighted by Gasteiger charge is -2.13. The molecule has 7 nitrogen and oxygen atoms in total. The average Bonchev–Trinajstić information content (AvgIpc) is 2.62. The van der Waals surface area contributed by atoms with Gasteiger partial charge in [-0.15, -0.1) is 0 Å². The van der Waals surface area contributed by atoms with Crippen LogP contribution in [0.3, 0.4) is 0 Å². The van der Waals surface area contributed by atoms with E-state index in [1.165, 1.54) is 12.3 Å². The van der Waals surface area contributed by atoms with Gasteiger partial charge in [-0.2, -0.15) is 0 Å². The van der Waals surface area contributed by atoms with E-state index in [1.807, 2.05) is 62.3 Å². The van der Waals surface area contributed by atoms with Gasteiger partial charge >= 0.3 is 0 Å². The SMILES string of the molecule is CN(C)CCNC(=O)c1ccnc(C(=O)Nc2ccc(N(C)C)cc2)c1. The normalized spacial score (nSPS) is 10.5. The third-order valence-corrected chi connectivity index (χ3v) is 3.74. The third kappa shape index (κ3) is 5.56. The van der Waals surface area contributed by atoms with Crippen molar-refractivity contribution < 1.29 is 9.59 Å². The van der Waals surface area contributed by atoms with E-state index in [4.69, 9.17) is 0 Å². The Morgan fingerprint density at radius 3 is 2.31 bits per heavy atom. The number of hydrogen-bond donors (Lipinski definition) is 2. The Balaban J connectivity index is 2.01. The number of hydrogen-bond acceptors (Lipinski definition) is 5. The van der Waals surface area contributed by atoms with Crippen LogP contribution in [0.25, 0.3) is 0 Å². The maximum Gasteiger partial charge on any atom is 0.274 e. The second-order valence-electron chi connectivity index (χ2n) is 6.38. The van der Waals surface area contributed by atoms with Gasteiger partial charge in [-0.1, -0.05) is 0 Å². The summed E-state index contributed by atoms with van der Waals surface area (Å²) >= 11 is 0. The monoisotopic (exact) mass is 355 g/mol. The van der Waals surface area contributed by atoms with Gasteiger partial charge in [0.2, 0.25) is 0 Å². The van der Waals surface area contributed by atoms with Gasteiger partial charge in [0.1, 0.15) is 5.69 Å². The van der Waals surface area contributed by atoms with Crippen LogP contribution in [-0.2, 0) is 0 Å². The summed E-state index contributed by atoms with van der Waals surface area (Å²) in [4.78, 5) is 32.6. The van der Waals surface area contributed by atoms with Crippen LogP contribution in [0.1, 0.15) is 20.8 Å². The number of rotatable bonds is 7. The van der Waals surface area contributed by atoms with Gasteiger partial charge in [0.05, 0.1) is 0 Å². The summed E-state index contributed by atoms with van der Waals surface area (Å²) in [6, 6.07) is 10.6. The van der Waals surface area contributed by atoms with Gasteiger partial charge < -0.3 is 20.4 Å². The number of carbonyl (C=O) groups excluding carboxylic acids is 2. The Hall–Kier alpha value is -2.93. The van der Waals surface area contributed by atoms with Crippen molar-refractivity contribution in [3.63, 3.8) is 0 Å². The fourth-order valence-corrected chi connectivity index (χ4v) is 2.23. The predicted molar refractivity (Wildman–Crippen MR) is 104 cm³/mol. The minimum atomic E-state index is -0.356. The fourth-order valence-electron chi connectivity index (χ4n) is 2.23. The number of nitrogens with one attached hydrogen (secondary N) is 2. The fraction of sp³-hybridized carbons (Fsp3) is 0.316. The lowest BCUT2D eigenvalue weighted by atomic mass is 10.2. The molecular weight excluding hydrogens is 330 g/mol. The molecule has 0 unspecified atom stereocenters. The molecule has 26 heavy (non-hydrogen) atoms. The number of benzene rings is 1. The number of anilines is 2. The molecule has 2 amide bonds. The van der Waals surface area contributed by atoms with Gasteiger partial charge in [-0.25, -0.2) is 0 Å². The Morgan fingerprint density at radius 2 is 1.69 bits per heavy atom. The molecule has 0 atom stereocenters. The molecule has 0 radical (unpaired) electrons. The smallest absolute Gasteiger partial charge is 0.274 e. The largest absolute Gasteiger partial charge is 0.378 e. The highest BCUT2D eigenvalue weighted by molar-refractivity contribution is 6.04. The molecule has 1 aromatic carbocycles. The second kappa shape index (κ2) is 8.96. The molecule has 0 spiro atoms. The summed E-state index contributed by atoms with van der Waals surface area (Å²) in [6.45, 7) is 1.28. The highest BCUT2D eigenvalue weighted by atomic mass is 16.2. The van der Waals surface area contributed by atoms with Crippen molar-refractivity contribution in [2.75, 3.05) is 51.5 Å². The zero-order chi connectivity index (χ0) is 19.1. The van der Waals surface area contributed by atoms with Crippen molar-refractivity contribution in [1.82, 2.24) is 15.2 Å². The first kappa shape index (κ1) is 19.4. The molecule has 2 aromatic rings. The Morgan fingerprint density at radius 1 is 1.00 bits per heavy atom. The molecule has 0 saturated carbocycles. The Kier molecular flexibility index (Phi) is 6.68. The van der Waals surface area contributed by atoms with Gasteiger partial charge in [0, 0.05) is 50.3 Å². The molecular formula is C19H25N5O2. The summed E-state index contributed by atoms with van der Waals surface area (Å²) in [5.74, 6) is -0.579. The lowest BCUT2D eigenvalue weighted by molar-refractivity contribution is 0.0951. The Labute approximate surface area is 154 Å². The van der Waals surface area contributed by atoms with E-state index in [0.717, 1.165) is 12.2 Å². The number of pyridine rings is 1. The number of carbonyl (C=O) groups is 2. The quantitative estimate of drug-likeness (QED) is 0.790. The molecule has 0 saturated heterocycles. The van der Waals surface area contributed by atoms with E-state index in [1.54, 1.807) is 6.07 Å². The van der Waals surface area contributed by atoms with Crippen molar-refractivity contribution in [2.45, 2.75) is 0 Å². The van der Waals surface area contributed by atoms with Crippen LogP contribution in [0.4, 0.5) is 11.4 Å². The minimum absolute atomic E-state index is 0.196. The van der Waals surface area contributed by atoms with Crippen molar-refractivity contribution >= 4 is 23.2 Å². The Bertz CT molecular complexity index is 757. The van der Waals surface area contributed by atoms with Crippen molar-refractivity contribution in [3.05, 3.63) is 53.9 Å². The highest BCUT2D eigenvalue weighted by Crippen LogP contribution is 2.16. The van der Waals surface area contributed by atoms with Crippen LogP contribution in [0.2, 0.25) is 0 Å². The molecule has 0 aliphatic rings. The molecule has 1 aromatic heterocycles. The van der Waals surface area contributed by atoms with E-state index in [-0.39, 0.29) is 17.5 Å². The van der Waals surface area contributed by atoms with Crippen molar-refractivity contribution in [3.8, 4) is 0 Å². The van der Waals surface area contributed by atoms with Gasteiger partial charge in [0.15, 0.2) is 0 Å². The van der Waals surface area contributed by atoms with Gasteiger partial charge in [-0.3, -0.25) is 14.6 Å². The molecule has 0 aliphatic carbocycles. The molecule has 2 rings (SSSR count). The van der Waals surface area contributed by atoms with E-state index in [0.29, 0.717) is 17.8 Å². The number of aromatic nitrogens is 1. The van der Waals surface area contributed by atoms with Crippen molar-refractivity contribution in [2.24, 2.45) is 0 Å². The van der Waals surface area contributed by atoms with Crippen LogP contribution in [0.15, 0.2) is 42.6 Å². The molecule has 0 bridgehead atoms. The molecule has 0 aliphatic heterocycles. The molecule has 2 N–H and O–H groups in total. The zero-order valence-corrected chi connectivity index (χ0v) is 15.6. The summed E-state index contributed by atoms with van der Waals surface area (Å²) in [6.07, 6.45) is 1.46. The standard InChI is InChI=1S/C19H25N5O2/c1-23(2)12-11-21-18(25)14-9-10-20-17(13-14)19(26)22-15-5-7-16(8-6-15)24(3)4/h5-10,13H,11-12H2,1-4H3,(H,21,25)(H,22,26). The lowest BCUT2D eigenvalue weighted by Crippen LogP contribution is -2.31. The minimum Gasteiger partial charge on any atom is -0.378 e. The van der Waals surface area contributed by atoms with Crippen molar-refractivity contribution in [1.29, 1.82) is 0 Å². The average molecular weight is 355 g/mol. The summed E-state index contributed by atoms with van der Waals surface area (Å²) in [7, 11) is 7.78. The third-order valence-electron chi connectivity index (χ3n) is 3.74. The van der Waals surface area contributed by atoms with Crippen LogP contribution in [-0.4, -0.2) is 63.0 Å². The highest BCUT2D eigenvalue weighted by Gasteiger charge is 2.12. The summed E-state index contributed by atoms with van der Waals surface area (Å²) < 4.78 is 0. The number of nitrogens with zero attached hydrogens (tertiary/aromatic N) is 3. The van der Waals surface area contributed by atoms with Crippen LogP contribution in [0.5, 0.6) is 0 Å². The maximum absolute atomic E-state index is 12.4. The van der Waals surface area contributed by atoms with E-state index in [2.05, 4.69) is 15.6 Å². The van der Waals surface area contributed by atoms with E-state index >= 15 is 0 Å². The summed E-state index contributed by atoms with van der Waals surface area (Å²) in [5, 5.41) is 5.61. The van der Waals surface area contributed by atoms with Gasteiger partial charge in [0.25, 0.3) is 11.8 Å². The van der Waals surface area contributed by atoms with E-state index < -0.39 is 0 Å². The first-order chi connectivity index (χ1) is 12.4. The second-order valence-corrected chi connectivity index (χ2v) is 6.38. The zero-order valence-electron chi connectivity index (χ0n) is 15.6. The van der Waals surface area contributed by atoms with Crippen LogP contribution < -0.4 is 15.5 Å². The first-order valence-corrected chi connectivity index (χ1v) is 8.34. The molecule has 0 fully saturated rings. The topological polar surface area (TPSA) is 77.6 Å². The van der Waals surface area contributed by atoms with Crippen LogP contribution in [0, 0.1) is 0 Å². The molecule has 1 heterocycles. The van der Waals surface area contributed by atoms with Crippen LogP contribution >= 0.6 is 0 Å². The number of likely N-dealkylation sites (N-methyl/N-ethyl adjacent to an activating group) is 1. The molecule has 138 valence electrons. The summed E-state index contributed by atoms with van der Waals surface area (Å²) in [5.41, 5.74) is 2.31. The molecule has 7 heteroatoms. The predicted octanol–water partition coefficient (Wildman–Crippen LogP) is 1.69. The number of amides is 2. The van der Waals surface area contributed by atoms with Gasteiger partial charge in [-0.05, 0) is 50.5 Å². The maximum atomic E-state index is 12.4.